The highest BCUT2D eigenvalue weighted by Crippen LogP contribution is 2.25. The molecular formula is C15H14F3NO3S. The second-order valence-corrected chi connectivity index (χ2v) is 6.51. The van der Waals surface area contributed by atoms with Gasteiger partial charge in [0.05, 0.1) is 5.75 Å². The lowest BCUT2D eigenvalue weighted by molar-refractivity contribution is -0.0596. The van der Waals surface area contributed by atoms with Crippen molar-refractivity contribution in [1.29, 1.82) is 0 Å². The van der Waals surface area contributed by atoms with Crippen LogP contribution in [0.2, 0.25) is 0 Å². The maximum absolute atomic E-state index is 13.2. The van der Waals surface area contributed by atoms with Crippen LogP contribution in [-0.2, 0) is 14.4 Å². The average molecular weight is 345 g/mol. The minimum Gasteiger partial charge on any atom is -0.268 e. The molecule has 0 amide bonds. The number of hydrogen-bond acceptors (Lipinski definition) is 4. The summed E-state index contributed by atoms with van der Waals surface area (Å²) in [4.78, 5) is 0. The zero-order valence-corrected chi connectivity index (χ0v) is 13.0. The molecule has 0 aliphatic heterocycles. The van der Waals surface area contributed by atoms with Crippen molar-refractivity contribution in [1.82, 2.24) is 0 Å². The zero-order valence-electron chi connectivity index (χ0n) is 12.2. The molecule has 23 heavy (non-hydrogen) atoms. The lowest BCUT2D eigenvalue weighted by atomic mass is 10.0. The third kappa shape index (κ3) is 4.44. The molecule has 0 saturated heterocycles. The van der Waals surface area contributed by atoms with Gasteiger partial charge < -0.3 is 0 Å². The van der Waals surface area contributed by atoms with Gasteiger partial charge >= 0.3 is 16.3 Å². The molecule has 2 aromatic carbocycles. The van der Waals surface area contributed by atoms with Gasteiger partial charge in [-0.3, -0.25) is 4.28 Å². The van der Waals surface area contributed by atoms with Gasteiger partial charge in [-0.25, -0.2) is 0 Å². The number of alkyl halides is 3. The highest BCUT2D eigenvalue weighted by Gasteiger charge is 2.38. The highest BCUT2D eigenvalue weighted by molar-refractivity contribution is 7.86. The first-order valence-electron chi connectivity index (χ1n) is 6.78. The molecule has 0 saturated carbocycles. The van der Waals surface area contributed by atoms with E-state index >= 15 is 0 Å². The summed E-state index contributed by atoms with van der Waals surface area (Å²) in [6.07, 6.45) is -4.63. The first kappa shape index (κ1) is 17.3. The van der Waals surface area contributed by atoms with Crippen LogP contribution >= 0.6 is 0 Å². The van der Waals surface area contributed by atoms with Gasteiger partial charge in [0, 0.05) is 5.56 Å². The van der Waals surface area contributed by atoms with Crippen LogP contribution in [0.15, 0.2) is 47.6 Å². The molecule has 0 radical (unpaired) electrons. The zero-order chi connectivity index (χ0) is 17.1. The third-order valence-electron chi connectivity index (χ3n) is 2.99. The smallest absolute Gasteiger partial charge is 0.268 e. The molecule has 0 aliphatic carbocycles. The van der Waals surface area contributed by atoms with Crippen molar-refractivity contribution < 1.29 is 25.9 Å². The number of rotatable bonds is 5. The largest absolute Gasteiger partial charge is 0.437 e. The van der Waals surface area contributed by atoms with Crippen LogP contribution in [0.3, 0.4) is 0 Å². The van der Waals surface area contributed by atoms with E-state index in [2.05, 4.69) is 9.44 Å². The van der Waals surface area contributed by atoms with Gasteiger partial charge in [0.2, 0.25) is 0 Å². The van der Waals surface area contributed by atoms with Crippen molar-refractivity contribution in [2.45, 2.75) is 19.5 Å². The standard InChI is InChI=1S/C15H14F3NO3S/c1-2-9-23(20,21)22-19-14(15(16,17)18)13-8-7-11-5-3-4-6-12(11)10-13/h3-8,10H,2,9H2,1H3/b19-14-. The van der Waals surface area contributed by atoms with E-state index < -0.39 is 27.8 Å². The maximum Gasteiger partial charge on any atom is 0.437 e. The Kier molecular flexibility index (Phi) is 4.93. The Hall–Kier alpha value is -2.09. The van der Waals surface area contributed by atoms with E-state index in [1.54, 1.807) is 31.2 Å². The van der Waals surface area contributed by atoms with Crippen LogP contribution in [0.4, 0.5) is 13.2 Å². The summed E-state index contributed by atoms with van der Waals surface area (Å²) in [5, 5.41) is 4.21. The normalized spacial score (nSPS) is 13.3. The quantitative estimate of drug-likeness (QED) is 0.611. The molecule has 0 bridgehead atoms. The minimum atomic E-state index is -4.84. The topological polar surface area (TPSA) is 55.7 Å². The number of oxime groups is 1. The summed E-state index contributed by atoms with van der Waals surface area (Å²) in [6, 6.07) is 10.9. The molecule has 0 atom stereocenters. The first-order valence-corrected chi connectivity index (χ1v) is 8.36. The van der Waals surface area contributed by atoms with E-state index in [0.29, 0.717) is 5.39 Å². The van der Waals surface area contributed by atoms with E-state index in [1.807, 2.05) is 0 Å². The molecule has 0 heterocycles. The van der Waals surface area contributed by atoms with Gasteiger partial charge in [0.1, 0.15) is 0 Å². The molecule has 2 aromatic rings. The minimum absolute atomic E-state index is 0.217. The predicted octanol–water partition coefficient (Wildman–Crippen LogP) is 3.86. The predicted molar refractivity (Wildman–Crippen MR) is 81.7 cm³/mol. The molecule has 8 heteroatoms. The van der Waals surface area contributed by atoms with Crippen LogP contribution in [0.5, 0.6) is 0 Å². The number of fused-ring (bicyclic) bond motifs is 1. The van der Waals surface area contributed by atoms with Gasteiger partial charge in [-0.05, 0) is 23.3 Å². The summed E-state index contributed by atoms with van der Waals surface area (Å²) in [6.45, 7) is 1.57. The van der Waals surface area contributed by atoms with E-state index in [9.17, 15) is 21.6 Å². The SMILES string of the molecule is CCCS(=O)(=O)O/N=C(/c1ccc2ccccc2c1)C(F)(F)F. The molecule has 0 unspecified atom stereocenters. The van der Waals surface area contributed by atoms with Crippen molar-refractivity contribution in [3.05, 3.63) is 48.0 Å². The Labute approximate surface area is 131 Å². The monoisotopic (exact) mass is 345 g/mol. The average Bonchev–Trinajstić information content (AvgIpc) is 2.45. The maximum atomic E-state index is 13.2. The molecule has 124 valence electrons. The Morgan fingerprint density at radius 1 is 1.13 bits per heavy atom. The lowest BCUT2D eigenvalue weighted by Gasteiger charge is -2.11. The number of halogens is 3. The molecule has 0 aromatic heterocycles. The molecule has 0 spiro atoms. The van der Waals surface area contributed by atoms with Crippen molar-refractivity contribution in [3.63, 3.8) is 0 Å². The summed E-state index contributed by atoms with van der Waals surface area (Å²) < 4.78 is 66.5. The van der Waals surface area contributed by atoms with Crippen molar-refractivity contribution in [2.24, 2.45) is 5.16 Å². The summed E-state index contributed by atoms with van der Waals surface area (Å²) in [7, 11) is -4.12. The van der Waals surface area contributed by atoms with Gasteiger partial charge in [-0.15, -0.1) is 0 Å². The van der Waals surface area contributed by atoms with Crippen LogP contribution in [0.1, 0.15) is 18.9 Å². The molecule has 4 nitrogen and oxygen atoms in total. The molecule has 2 rings (SSSR count). The van der Waals surface area contributed by atoms with E-state index in [0.717, 1.165) is 5.39 Å². The second-order valence-electron chi connectivity index (χ2n) is 4.84. The fourth-order valence-electron chi connectivity index (χ4n) is 1.99. The Morgan fingerprint density at radius 3 is 2.39 bits per heavy atom. The molecule has 0 N–H and O–H groups in total. The molecule has 0 aliphatic rings. The summed E-state index contributed by atoms with van der Waals surface area (Å²) >= 11 is 0. The summed E-state index contributed by atoms with van der Waals surface area (Å²) in [5.41, 5.74) is -1.65. The van der Waals surface area contributed by atoms with Crippen molar-refractivity contribution in [2.75, 3.05) is 5.75 Å². The third-order valence-corrected chi connectivity index (χ3v) is 4.20. The van der Waals surface area contributed by atoms with Crippen LogP contribution < -0.4 is 0 Å². The van der Waals surface area contributed by atoms with E-state index in [1.165, 1.54) is 18.2 Å². The lowest BCUT2D eigenvalue weighted by Crippen LogP contribution is -2.25. The fraction of sp³-hybridized carbons (Fsp3) is 0.267. The fourth-order valence-corrected chi connectivity index (χ4v) is 2.75. The van der Waals surface area contributed by atoms with E-state index in [-0.39, 0.29) is 12.0 Å². The highest BCUT2D eigenvalue weighted by atomic mass is 32.2. The van der Waals surface area contributed by atoms with Gasteiger partial charge in [-0.2, -0.15) is 21.6 Å². The van der Waals surface area contributed by atoms with Crippen molar-refractivity contribution in [3.8, 4) is 0 Å². The van der Waals surface area contributed by atoms with Gasteiger partial charge in [-0.1, -0.05) is 48.5 Å². The van der Waals surface area contributed by atoms with Crippen LogP contribution in [0, 0.1) is 0 Å². The summed E-state index contributed by atoms with van der Waals surface area (Å²) in [5.74, 6) is -0.403. The molecule has 0 fully saturated rings. The van der Waals surface area contributed by atoms with E-state index in [4.69, 9.17) is 0 Å². The van der Waals surface area contributed by atoms with Gasteiger partial charge in [0.25, 0.3) is 0 Å². The van der Waals surface area contributed by atoms with Gasteiger partial charge in [0.15, 0.2) is 5.71 Å². The number of nitrogens with zero attached hydrogens (tertiary/aromatic N) is 1. The molecular weight excluding hydrogens is 331 g/mol. The Morgan fingerprint density at radius 2 is 1.78 bits per heavy atom. The number of benzene rings is 2. The first-order chi connectivity index (χ1) is 10.7. The number of hydrogen-bond donors (Lipinski definition) is 0. The van der Waals surface area contributed by atoms with Crippen LogP contribution in [-0.4, -0.2) is 26.1 Å². The Balaban J connectivity index is 2.45. The van der Waals surface area contributed by atoms with Crippen LogP contribution in [0.25, 0.3) is 10.8 Å². The Bertz CT molecular complexity index is 829. The van der Waals surface area contributed by atoms with Crippen molar-refractivity contribution >= 4 is 26.6 Å². The second kappa shape index (κ2) is 6.57.